The molecule has 2 aliphatic heterocycles. The first-order chi connectivity index (χ1) is 12.0. The Hall–Kier alpha value is -1.07. The number of morpholine rings is 1. The summed E-state index contributed by atoms with van der Waals surface area (Å²) >= 11 is 4.55. The van der Waals surface area contributed by atoms with E-state index in [1.165, 1.54) is 15.6 Å². The number of ether oxygens (including phenoxy) is 1. The molecule has 10 heteroatoms. The topological polar surface area (TPSA) is 75.6 Å². The Labute approximate surface area is 158 Å². The molecule has 25 heavy (non-hydrogen) atoms. The number of aromatic nitrogens is 2. The van der Waals surface area contributed by atoms with E-state index in [1.807, 2.05) is 6.20 Å². The molecule has 0 saturated carbocycles. The van der Waals surface area contributed by atoms with Gasteiger partial charge in [-0.2, -0.15) is 4.31 Å². The second kappa shape index (κ2) is 6.92. The zero-order chi connectivity index (χ0) is 17.4. The van der Waals surface area contributed by atoms with Gasteiger partial charge in [0.2, 0.25) is 5.95 Å². The van der Waals surface area contributed by atoms with Crippen LogP contribution in [0.15, 0.2) is 26.3 Å². The van der Waals surface area contributed by atoms with Gasteiger partial charge in [0.1, 0.15) is 4.21 Å². The SMILES string of the molecule is O=S(=O)(c1ccc(Br)s1)N1CCc2cnc(N3CCOCC3)nc2C1. The summed E-state index contributed by atoms with van der Waals surface area (Å²) in [6.07, 6.45) is 2.46. The maximum atomic E-state index is 12.8. The van der Waals surface area contributed by atoms with Crippen LogP contribution in [0.2, 0.25) is 0 Å². The van der Waals surface area contributed by atoms with Crippen molar-refractivity contribution in [3.8, 4) is 0 Å². The van der Waals surface area contributed by atoms with Gasteiger partial charge in [0.15, 0.2) is 0 Å². The van der Waals surface area contributed by atoms with Crippen molar-refractivity contribution in [1.29, 1.82) is 0 Å². The number of sulfonamides is 1. The molecule has 2 aromatic rings. The van der Waals surface area contributed by atoms with Crippen molar-refractivity contribution in [3.05, 3.63) is 33.4 Å². The van der Waals surface area contributed by atoms with E-state index >= 15 is 0 Å². The first kappa shape index (κ1) is 17.3. The zero-order valence-corrected chi connectivity index (χ0v) is 16.6. The Morgan fingerprint density at radius 1 is 1.20 bits per heavy atom. The quantitative estimate of drug-likeness (QED) is 0.719. The maximum Gasteiger partial charge on any atom is 0.252 e. The molecule has 0 amide bonds. The third-order valence-corrected chi connectivity index (χ3v) is 8.27. The van der Waals surface area contributed by atoms with Gasteiger partial charge >= 0.3 is 0 Å². The van der Waals surface area contributed by atoms with Crippen molar-refractivity contribution in [2.24, 2.45) is 0 Å². The van der Waals surface area contributed by atoms with Crippen LogP contribution >= 0.6 is 27.3 Å². The van der Waals surface area contributed by atoms with Gasteiger partial charge in [-0.15, -0.1) is 11.3 Å². The van der Waals surface area contributed by atoms with Crippen molar-refractivity contribution >= 4 is 43.2 Å². The molecule has 0 aromatic carbocycles. The molecule has 2 aliphatic rings. The zero-order valence-electron chi connectivity index (χ0n) is 13.4. The summed E-state index contributed by atoms with van der Waals surface area (Å²) < 4.78 is 33.7. The fourth-order valence-electron chi connectivity index (χ4n) is 2.95. The Kier molecular flexibility index (Phi) is 4.80. The number of hydrogen-bond donors (Lipinski definition) is 0. The minimum Gasteiger partial charge on any atom is -0.378 e. The van der Waals surface area contributed by atoms with E-state index in [1.54, 1.807) is 12.1 Å². The molecule has 4 heterocycles. The summed E-state index contributed by atoms with van der Waals surface area (Å²) in [5.41, 5.74) is 1.82. The summed E-state index contributed by atoms with van der Waals surface area (Å²) in [7, 11) is -3.49. The van der Waals surface area contributed by atoms with Crippen LogP contribution < -0.4 is 4.90 Å². The molecular formula is C15H17BrN4O3S2. The highest BCUT2D eigenvalue weighted by molar-refractivity contribution is 9.11. The van der Waals surface area contributed by atoms with Gasteiger partial charge in [-0.05, 0) is 40.0 Å². The third kappa shape index (κ3) is 3.45. The second-order valence-electron chi connectivity index (χ2n) is 5.89. The van der Waals surface area contributed by atoms with Gasteiger partial charge in [-0.3, -0.25) is 0 Å². The average Bonchev–Trinajstić information content (AvgIpc) is 3.09. The van der Waals surface area contributed by atoms with Crippen molar-refractivity contribution in [3.63, 3.8) is 0 Å². The molecule has 1 fully saturated rings. The molecule has 1 saturated heterocycles. The highest BCUT2D eigenvalue weighted by atomic mass is 79.9. The van der Waals surface area contributed by atoms with Crippen molar-refractivity contribution < 1.29 is 13.2 Å². The van der Waals surface area contributed by atoms with Gasteiger partial charge in [-0.25, -0.2) is 18.4 Å². The van der Waals surface area contributed by atoms with Crippen molar-refractivity contribution in [2.75, 3.05) is 37.7 Å². The van der Waals surface area contributed by atoms with E-state index in [0.29, 0.717) is 36.3 Å². The molecule has 0 unspecified atom stereocenters. The Morgan fingerprint density at radius 3 is 2.72 bits per heavy atom. The molecule has 0 N–H and O–H groups in total. The number of fused-ring (bicyclic) bond motifs is 1. The largest absolute Gasteiger partial charge is 0.378 e. The van der Waals surface area contributed by atoms with Gasteiger partial charge in [-0.1, -0.05) is 0 Å². The molecule has 4 rings (SSSR count). The highest BCUT2D eigenvalue weighted by Gasteiger charge is 2.31. The van der Waals surface area contributed by atoms with E-state index in [0.717, 1.165) is 28.1 Å². The standard InChI is InChI=1S/C15H17BrN4O3S2/c16-13-1-2-14(24-13)25(21,22)20-4-3-11-9-17-15(18-12(11)10-20)19-5-7-23-8-6-19/h1-2,9H,3-8,10H2. The first-order valence-corrected chi connectivity index (χ1v) is 11.0. The normalized spacial score (nSPS) is 19.0. The van der Waals surface area contributed by atoms with Crippen LogP contribution in [0.1, 0.15) is 11.3 Å². The highest BCUT2D eigenvalue weighted by Crippen LogP contribution is 2.31. The predicted molar refractivity (Wildman–Crippen MR) is 98.4 cm³/mol. The molecule has 0 bridgehead atoms. The lowest BCUT2D eigenvalue weighted by atomic mass is 10.1. The van der Waals surface area contributed by atoms with Crippen LogP contribution in [0, 0.1) is 0 Å². The first-order valence-electron chi connectivity index (χ1n) is 7.97. The lowest BCUT2D eigenvalue weighted by Gasteiger charge is -2.30. The second-order valence-corrected chi connectivity index (χ2v) is 10.5. The number of hydrogen-bond acceptors (Lipinski definition) is 7. The van der Waals surface area contributed by atoms with E-state index in [2.05, 4.69) is 30.8 Å². The van der Waals surface area contributed by atoms with Crippen LogP contribution in [0.25, 0.3) is 0 Å². The molecule has 0 atom stereocenters. The lowest BCUT2D eigenvalue weighted by molar-refractivity contribution is 0.122. The summed E-state index contributed by atoms with van der Waals surface area (Å²) in [6.45, 7) is 3.56. The number of anilines is 1. The lowest BCUT2D eigenvalue weighted by Crippen LogP contribution is -2.39. The molecule has 7 nitrogen and oxygen atoms in total. The van der Waals surface area contributed by atoms with E-state index < -0.39 is 10.0 Å². The van der Waals surface area contributed by atoms with Gasteiger partial charge in [0.05, 0.1) is 29.2 Å². The number of thiophene rings is 1. The fourth-order valence-corrected chi connectivity index (χ4v) is 6.52. The smallest absolute Gasteiger partial charge is 0.252 e. The molecule has 0 radical (unpaired) electrons. The molecule has 0 spiro atoms. The minimum atomic E-state index is -3.49. The van der Waals surface area contributed by atoms with Crippen LogP contribution in [-0.2, 0) is 27.7 Å². The van der Waals surface area contributed by atoms with E-state index in [4.69, 9.17) is 4.74 Å². The predicted octanol–water partition coefficient (Wildman–Crippen LogP) is 1.88. The number of nitrogens with zero attached hydrogens (tertiary/aromatic N) is 4. The van der Waals surface area contributed by atoms with Gasteiger partial charge in [0, 0.05) is 25.8 Å². The minimum absolute atomic E-state index is 0.285. The fraction of sp³-hybridized carbons (Fsp3) is 0.467. The number of rotatable bonds is 3. The molecule has 134 valence electrons. The van der Waals surface area contributed by atoms with E-state index in [-0.39, 0.29) is 6.54 Å². The van der Waals surface area contributed by atoms with Gasteiger partial charge in [0.25, 0.3) is 10.0 Å². The average molecular weight is 445 g/mol. The maximum absolute atomic E-state index is 12.8. The molecule has 0 aliphatic carbocycles. The van der Waals surface area contributed by atoms with Crippen LogP contribution in [0.4, 0.5) is 5.95 Å². The van der Waals surface area contributed by atoms with Gasteiger partial charge < -0.3 is 9.64 Å². The third-order valence-electron chi connectivity index (χ3n) is 4.33. The van der Waals surface area contributed by atoms with Crippen molar-refractivity contribution in [2.45, 2.75) is 17.2 Å². The Morgan fingerprint density at radius 2 is 2.00 bits per heavy atom. The Bertz CT molecular complexity index is 881. The molecular weight excluding hydrogens is 428 g/mol. The summed E-state index contributed by atoms with van der Waals surface area (Å²) in [5.74, 6) is 0.653. The summed E-state index contributed by atoms with van der Waals surface area (Å²) in [5, 5.41) is 0. The van der Waals surface area contributed by atoms with Crippen LogP contribution in [0.5, 0.6) is 0 Å². The summed E-state index contributed by atoms with van der Waals surface area (Å²) in [4.78, 5) is 11.2. The van der Waals surface area contributed by atoms with Crippen LogP contribution in [0.3, 0.4) is 0 Å². The summed E-state index contributed by atoms with van der Waals surface area (Å²) in [6, 6.07) is 3.40. The van der Waals surface area contributed by atoms with Crippen molar-refractivity contribution in [1.82, 2.24) is 14.3 Å². The monoisotopic (exact) mass is 444 g/mol. The molecule has 2 aromatic heterocycles. The number of halogens is 1. The van der Waals surface area contributed by atoms with E-state index in [9.17, 15) is 8.42 Å². The Balaban J connectivity index is 1.59. The van der Waals surface area contributed by atoms with Crippen LogP contribution in [-0.4, -0.2) is 55.5 Å².